The van der Waals surface area contributed by atoms with Gasteiger partial charge in [0.25, 0.3) is 5.91 Å². The molecule has 1 aromatic carbocycles. The second kappa shape index (κ2) is 5.81. The van der Waals surface area contributed by atoms with Gasteiger partial charge in [-0.2, -0.15) is 0 Å². The summed E-state index contributed by atoms with van der Waals surface area (Å²) in [5, 5.41) is 11.2. The van der Waals surface area contributed by atoms with E-state index < -0.39 is 12.0 Å². The Bertz CT molecular complexity index is 724. The Morgan fingerprint density at radius 1 is 1.27 bits per heavy atom. The fourth-order valence-corrected chi connectivity index (χ4v) is 3.51. The first-order valence-electron chi connectivity index (χ1n) is 6.84. The SMILES string of the molecule is COc1ccsc1C(=O)N1Cc2ccccc2C[C@H]1C(=O)O. The van der Waals surface area contributed by atoms with Gasteiger partial charge < -0.3 is 14.7 Å². The van der Waals surface area contributed by atoms with Crippen LogP contribution in [0.2, 0.25) is 0 Å². The van der Waals surface area contributed by atoms with E-state index in [1.165, 1.54) is 23.3 Å². The number of amides is 1. The first-order valence-corrected chi connectivity index (χ1v) is 7.72. The molecule has 0 radical (unpaired) electrons. The molecule has 2 heterocycles. The Labute approximate surface area is 131 Å². The molecule has 1 amide bonds. The van der Waals surface area contributed by atoms with Gasteiger partial charge in [0.15, 0.2) is 0 Å². The number of rotatable bonds is 3. The maximum Gasteiger partial charge on any atom is 0.326 e. The Hall–Kier alpha value is -2.34. The lowest BCUT2D eigenvalue weighted by Gasteiger charge is -2.34. The molecule has 1 atom stereocenters. The van der Waals surface area contributed by atoms with Gasteiger partial charge in [0, 0.05) is 13.0 Å². The minimum Gasteiger partial charge on any atom is -0.495 e. The maximum absolute atomic E-state index is 12.8. The number of aliphatic carboxylic acids is 1. The van der Waals surface area contributed by atoms with Crippen LogP contribution in [0.15, 0.2) is 35.7 Å². The van der Waals surface area contributed by atoms with Gasteiger partial charge in [-0.1, -0.05) is 24.3 Å². The lowest BCUT2D eigenvalue weighted by molar-refractivity contribution is -0.142. The molecule has 22 heavy (non-hydrogen) atoms. The van der Waals surface area contributed by atoms with E-state index in [9.17, 15) is 14.7 Å². The number of carboxylic acids is 1. The molecule has 0 saturated heterocycles. The predicted octanol–water partition coefficient (Wildman–Crippen LogP) is 2.41. The van der Waals surface area contributed by atoms with Crippen molar-refractivity contribution in [1.29, 1.82) is 0 Å². The number of carbonyl (C=O) groups is 2. The molecular weight excluding hydrogens is 302 g/mol. The molecule has 3 rings (SSSR count). The molecule has 2 aromatic rings. The third kappa shape index (κ3) is 2.46. The number of ether oxygens (including phenoxy) is 1. The number of hydrogen-bond acceptors (Lipinski definition) is 4. The summed E-state index contributed by atoms with van der Waals surface area (Å²) in [6.45, 7) is 0.299. The fourth-order valence-electron chi connectivity index (χ4n) is 2.70. The molecule has 0 fully saturated rings. The van der Waals surface area contributed by atoms with E-state index in [1.54, 1.807) is 11.4 Å². The number of hydrogen-bond donors (Lipinski definition) is 1. The Morgan fingerprint density at radius 2 is 2.00 bits per heavy atom. The van der Waals surface area contributed by atoms with Gasteiger partial charge in [0.2, 0.25) is 0 Å². The molecule has 1 aromatic heterocycles. The van der Waals surface area contributed by atoms with Crippen LogP contribution in [0.5, 0.6) is 5.75 Å². The molecule has 0 saturated carbocycles. The van der Waals surface area contributed by atoms with E-state index in [0.717, 1.165) is 11.1 Å². The number of thiophene rings is 1. The van der Waals surface area contributed by atoms with Crippen molar-refractivity contribution >= 4 is 23.2 Å². The maximum atomic E-state index is 12.8. The second-order valence-corrected chi connectivity index (χ2v) is 5.99. The van der Waals surface area contributed by atoms with Gasteiger partial charge in [-0.05, 0) is 22.6 Å². The zero-order valence-corrected chi connectivity index (χ0v) is 12.8. The van der Waals surface area contributed by atoms with Crippen molar-refractivity contribution in [2.24, 2.45) is 0 Å². The van der Waals surface area contributed by atoms with Crippen molar-refractivity contribution in [3.8, 4) is 5.75 Å². The molecule has 1 N–H and O–H groups in total. The lowest BCUT2D eigenvalue weighted by atomic mass is 9.94. The molecule has 5 nitrogen and oxygen atoms in total. The summed E-state index contributed by atoms with van der Waals surface area (Å²) in [7, 11) is 1.50. The van der Waals surface area contributed by atoms with Crippen LogP contribution >= 0.6 is 11.3 Å². The van der Waals surface area contributed by atoms with Gasteiger partial charge >= 0.3 is 5.97 Å². The zero-order valence-electron chi connectivity index (χ0n) is 12.0. The van der Waals surface area contributed by atoms with Crippen LogP contribution in [-0.2, 0) is 17.8 Å². The summed E-state index contributed by atoms with van der Waals surface area (Å²) >= 11 is 1.26. The highest BCUT2D eigenvalue weighted by Crippen LogP contribution is 2.30. The molecule has 1 aliphatic rings. The van der Waals surface area contributed by atoms with Crippen LogP contribution in [0.4, 0.5) is 0 Å². The number of benzene rings is 1. The van der Waals surface area contributed by atoms with E-state index in [4.69, 9.17) is 4.74 Å². The zero-order chi connectivity index (χ0) is 15.7. The van der Waals surface area contributed by atoms with Crippen LogP contribution in [0.3, 0.4) is 0 Å². The van der Waals surface area contributed by atoms with Gasteiger partial charge in [0.1, 0.15) is 16.7 Å². The average Bonchev–Trinajstić information content (AvgIpc) is 3.01. The van der Waals surface area contributed by atoms with Crippen LogP contribution in [-0.4, -0.2) is 35.0 Å². The van der Waals surface area contributed by atoms with Crippen molar-refractivity contribution in [3.63, 3.8) is 0 Å². The first kappa shape index (κ1) is 14.6. The van der Waals surface area contributed by atoms with E-state index >= 15 is 0 Å². The lowest BCUT2D eigenvalue weighted by Crippen LogP contribution is -2.48. The molecule has 1 aliphatic heterocycles. The molecular formula is C16H15NO4S. The summed E-state index contributed by atoms with van der Waals surface area (Å²) in [6, 6.07) is 8.49. The monoisotopic (exact) mass is 317 g/mol. The second-order valence-electron chi connectivity index (χ2n) is 5.08. The van der Waals surface area contributed by atoms with Gasteiger partial charge in [-0.15, -0.1) is 11.3 Å². The minimum atomic E-state index is -0.988. The van der Waals surface area contributed by atoms with E-state index in [0.29, 0.717) is 23.6 Å². The highest BCUT2D eigenvalue weighted by Gasteiger charge is 2.36. The average molecular weight is 317 g/mol. The Morgan fingerprint density at radius 3 is 2.68 bits per heavy atom. The number of nitrogens with zero attached hydrogens (tertiary/aromatic N) is 1. The highest BCUT2D eigenvalue weighted by atomic mass is 32.1. The third-order valence-corrected chi connectivity index (χ3v) is 4.72. The summed E-state index contributed by atoms with van der Waals surface area (Å²) in [5.41, 5.74) is 1.97. The van der Waals surface area contributed by atoms with Crippen molar-refractivity contribution in [3.05, 3.63) is 51.7 Å². The molecule has 0 bridgehead atoms. The molecule has 114 valence electrons. The fraction of sp³-hybridized carbons (Fsp3) is 0.250. The van der Waals surface area contributed by atoms with Crippen molar-refractivity contribution in [2.75, 3.05) is 7.11 Å². The van der Waals surface area contributed by atoms with Crippen LogP contribution < -0.4 is 4.74 Å². The summed E-state index contributed by atoms with van der Waals surface area (Å²) < 4.78 is 5.18. The van der Waals surface area contributed by atoms with E-state index in [2.05, 4.69) is 0 Å². The highest BCUT2D eigenvalue weighted by molar-refractivity contribution is 7.12. The van der Waals surface area contributed by atoms with Crippen molar-refractivity contribution in [2.45, 2.75) is 19.0 Å². The predicted molar refractivity (Wildman–Crippen MR) is 82.3 cm³/mol. The standard InChI is InChI=1S/C16H15NO4S/c1-21-13-6-7-22-14(13)15(18)17-9-11-5-3-2-4-10(11)8-12(17)16(19)20/h2-7,12H,8-9H2,1H3,(H,19,20)/t12-/m0/s1. The molecule has 0 aliphatic carbocycles. The Balaban J connectivity index is 1.97. The summed E-state index contributed by atoms with van der Waals surface area (Å²) in [6.07, 6.45) is 0.324. The van der Waals surface area contributed by atoms with E-state index in [1.807, 2.05) is 24.3 Å². The first-order chi connectivity index (χ1) is 10.6. The van der Waals surface area contributed by atoms with Crippen LogP contribution in [0.25, 0.3) is 0 Å². The number of fused-ring (bicyclic) bond motifs is 1. The Kier molecular flexibility index (Phi) is 3.85. The van der Waals surface area contributed by atoms with Crippen LogP contribution in [0.1, 0.15) is 20.8 Å². The summed E-state index contributed by atoms with van der Waals surface area (Å²) in [4.78, 5) is 26.2. The smallest absolute Gasteiger partial charge is 0.326 e. The molecule has 6 heteroatoms. The van der Waals surface area contributed by atoms with Gasteiger partial charge in [-0.25, -0.2) is 4.79 Å². The largest absolute Gasteiger partial charge is 0.495 e. The third-order valence-electron chi connectivity index (χ3n) is 3.84. The van der Waals surface area contributed by atoms with Crippen molar-refractivity contribution < 1.29 is 19.4 Å². The van der Waals surface area contributed by atoms with Crippen LogP contribution in [0, 0.1) is 0 Å². The molecule has 0 spiro atoms. The van der Waals surface area contributed by atoms with E-state index in [-0.39, 0.29) is 5.91 Å². The number of methoxy groups -OCH3 is 1. The summed E-state index contributed by atoms with van der Waals surface area (Å²) in [5.74, 6) is -0.801. The van der Waals surface area contributed by atoms with Crippen molar-refractivity contribution in [1.82, 2.24) is 4.90 Å². The quantitative estimate of drug-likeness (QED) is 0.944. The normalized spacial score (nSPS) is 17.0. The number of carbonyl (C=O) groups excluding carboxylic acids is 1. The minimum absolute atomic E-state index is 0.297. The molecule has 0 unspecified atom stereocenters. The number of carboxylic acid groups (broad SMARTS) is 1. The van der Waals surface area contributed by atoms with Gasteiger partial charge in [0.05, 0.1) is 7.11 Å². The topological polar surface area (TPSA) is 66.8 Å². The van der Waals surface area contributed by atoms with Gasteiger partial charge in [-0.3, -0.25) is 4.79 Å².